The van der Waals surface area contributed by atoms with Gasteiger partial charge in [0.2, 0.25) is 0 Å². The highest BCUT2D eigenvalue weighted by Gasteiger charge is 2.36. The third-order valence-corrected chi connectivity index (χ3v) is 8.45. The molecule has 9 heteroatoms. The lowest BCUT2D eigenvalue weighted by molar-refractivity contribution is 0.0355. The predicted octanol–water partition coefficient (Wildman–Crippen LogP) is 2.42. The lowest BCUT2D eigenvalue weighted by atomic mass is 10.0. The van der Waals surface area contributed by atoms with Gasteiger partial charge in [-0.2, -0.15) is 5.26 Å². The van der Waals surface area contributed by atoms with Gasteiger partial charge in [0.05, 0.1) is 35.6 Å². The first-order valence-electron chi connectivity index (χ1n) is 13.6. The number of nitrogens with two attached hydrogens (primary N) is 1. The number of alkyl halides is 1. The molecular formula is C29H35FN8. The smallest absolute Gasteiger partial charge is 0.134 e. The molecular weight excluding hydrogens is 479 g/mol. The second-order valence-electron chi connectivity index (χ2n) is 10.9. The highest BCUT2D eigenvalue weighted by Crippen LogP contribution is 2.32. The molecule has 1 aromatic carbocycles. The SMILES string of the molecule is CC1CN(c2ccc(C#N)c3ncccc23)CC2CN(CCc3ccc(N4CC(N)C(F)C4)cn3)CCN12. The summed E-state index contributed by atoms with van der Waals surface area (Å²) in [5.41, 5.74) is 10.4. The summed E-state index contributed by atoms with van der Waals surface area (Å²) in [7, 11) is 0. The van der Waals surface area contributed by atoms with Crippen molar-refractivity contribution in [1.82, 2.24) is 19.8 Å². The van der Waals surface area contributed by atoms with Crippen LogP contribution in [0.3, 0.4) is 0 Å². The minimum absolute atomic E-state index is 0.345. The van der Waals surface area contributed by atoms with Crippen molar-refractivity contribution in [3.63, 3.8) is 0 Å². The Labute approximate surface area is 223 Å². The van der Waals surface area contributed by atoms with Gasteiger partial charge in [0.1, 0.15) is 12.2 Å². The molecule has 5 heterocycles. The number of hydrogen-bond donors (Lipinski definition) is 1. The molecule has 4 unspecified atom stereocenters. The fourth-order valence-electron chi connectivity index (χ4n) is 6.38. The van der Waals surface area contributed by atoms with Crippen molar-refractivity contribution in [3.8, 4) is 6.07 Å². The minimum Gasteiger partial charge on any atom is -0.368 e. The van der Waals surface area contributed by atoms with Crippen LogP contribution in [0.5, 0.6) is 0 Å². The normalized spacial score (nSPS) is 26.5. The van der Waals surface area contributed by atoms with Gasteiger partial charge in [0.15, 0.2) is 0 Å². The van der Waals surface area contributed by atoms with Crippen LogP contribution in [0.15, 0.2) is 48.8 Å². The van der Waals surface area contributed by atoms with Crippen LogP contribution in [-0.4, -0.2) is 96.4 Å². The maximum absolute atomic E-state index is 13.8. The predicted molar refractivity (Wildman–Crippen MR) is 148 cm³/mol. The summed E-state index contributed by atoms with van der Waals surface area (Å²) in [5, 5.41) is 10.6. The van der Waals surface area contributed by atoms with Crippen LogP contribution < -0.4 is 15.5 Å². The van der Waals surface area contributed by atoms with Crippen LogP contribution in [-0.2, 0) is 6.42 Å². The Morgan fingerprint density at radius 2 is 1.92 bits per heavy atom. The molecule has 0 aliphatic carbocycles. The maximum atomic E-state index is 13.8. The zero-order chi connectivity index (χ0) is 26.2. The third kappa shape index (κ3) is 4.80. The molecule has 198 valence electrons. The van der Waals surface area contributed by atoms with Gasteiger partial charge in [-0.25, -0.2) is 4.39 Å². The van der Waals surface area contributed by atoms with Crippen LogP contribution >= 0.6 is 0 Å². The first-order valence-corrected chi connectivity index (χ1v) is 13.6. The molecule has 4 atom stereocenters. The lowest BCUT2D eigenvalue weighted by Gasteiger charge is -2.51. The van der Waals surface area contributed by atoms with Crippen LogP contribution in [0.25, 0.3) is 10.9 Å². The Morgan fingerprint density at radius 3 is 2.68 bits per heavy atom. The summed E-state index contributed by atoms with van der Waals surface area (Å²) in [6.07, 6.45) is 3.54. The maximum Gasteiger partial charge on any atom is 0.134 e. The Hall–Kier alpha value is -3.32. The number of aromatic nitrogens is 2. The molecule has 8 nitrogen and oxygen atoms in total. The third-order valence-electron chi connectivity index (χ3n) is 8.45. The zero-order valence-corrected chi connectivity index (χ0v) is 21.9. The van der Waals surface area contributed by atoms with Crippen molar-refractivity contribution in [3.05, 3.63) is 60.0 Å². The molecule has 0 spiro atoms. The van der Waals surface area contributed by atoms with Gasteiger partial charge in [-0.05, 0) is 43.3 Å². The Balaban J connectivity index is 1.10. The van der Waals surface area contributed by atoms with E-state index in [-0.39, 0.29) is 0 Å². The lowest BCUT2D eigenvalue weighted by Crippen LogP contribution is -2.65. The summed E-state index contributed by atoms with van der Waals surface area (Å²) in [5.74, 6) is 0. The summed E-state index contributed by atoms with van der Waals surface area (Å²) >= 11 is 0. The second kappa shape index (κ2) is 10.4. The number of hydrogen-bond acceptors (Lipinski definition) is 8. The van der Waals surface area contributed by atoms with Crippen LogP contribution in [0, 0.1) is 11.3 Å². The second-order valence-corrected chi connectivity index (χ2v) is 10.9. The molecule has 6 rings (SSSR count). The number of piperazine rings is 2. The number of nitrogens with zero attached hydrogens (tertiary/aromatic N) is 7. The number of nitriles is 1. The van der Waals surface area contributed by atoms with Crippen molar-refractivity contribution in [2.75, 3.05) is 62.2 Å². The van der Waals surface area contributed by atoms with Crippen molar-refractivity contribution in [2.45, 2.75) is 37.6 Å². The quantitative estimate of drug-likeness (QED) is 0.556. The Kier molecular flexibility index (Phi) is 6.87. The molecule has 3 aliphatic heterocycles. The van der Waals surface area contributed by atoms with Crippen molar-refractivity contribution in [2.24, 2.45) is 5.73 Å². The van der Waals surface area contributed by atoms with E-state index in [0.29, 0.717) is 30.7 Å². The first kappa shape index (κ1) is 25.0. The number of benzene rings is 1. The number of fused-ring (bicyclic) bond motifs is 2. The van der Waals surface area contributed by atoms with Crippen molar-refractivity contribution < 1.29 is 4.39 Å². The Bertz CT molecular complexity index is 1310. The average molecular weight is 515 g/mol. The van der Waals surface area contributed by atoms with E-state index >= 15 is 0 Å². The molecule has 0 saturated carbocycles. The molecule has 2 N–H and O–H groups in total. The molecule has 3 fully saturated rings. The molecule has 0 bridgehead atoms. The van der Waals surface area contributed by atoms with Gasteiger partial charge in [-0.15, -0.1) is 0 Å². The standard InChI is InChI=1S/C29H35FN8/c1-20-15-37(28-7-4-21(13-31)29-25(28)3-2-9-33-29)17-24-16-35(11-12-38(20)24)10-8-22-5-6-23(14-34-22)36-18-26(30)27(32)19-36/h2-7,9,14,20,24,26-27H,8,10-12,15-19,32H2,1H3. The fraction of sp³-hybridized carbons (Fsp3) is 0.483. The Morgan fingerprint density at radius 1 is 1.03 bits per heavy atom. The van der Waals surface area contributed by atoms with Crippen LogP contribution in [0.2, 0.25) is 0 Å². The molecule has 3 aromatic rings. The van der Waals surface area contributed by atoms with E-state index in [0.717, 1.165) is 73.7 Å². The van der Waals surface area contributed by atoms with Gasteiger partial charge < -0.3 is 20.4 Å². The number of rotatable bonds is 5. The van der Waals surface area contributed by atoms with E-state index in [1.807, 2.05) is 29.3 Å². The minimum atomic E-state index is -0.973. The van der Waals surface area contributed by atoms with Gasteiger partial charge >= 0.3 is 0 Å². The van der Waals surface area contributed by atoms with E-state index < -0.39 is 12.2 Å². The summed E-state index contributed by atoms with van der Waals surface area (Å²) in [6.45, 7) is 9.25. The number of halogens is 1. The van der Waals surface area contributed by atoms with Crippen molar-refractivity contribution in [1.29, 1.82) is 5.26 Å². The van der Waals surface area contributed by atoms with E-state index in [2.05, 4.69) is 55.9 Å². The molecule has 38 heavy (non-hydrogen) atoms. The van der Waals surface area contributed by atoms with Gasteiger partial charge in [0, 0.05) is 87.3 Å². The van der Waals surface area contributed by atoms with Crippen LogP contribution in [0.4, 0.5) is 15.8 Å². The van der Waals surface area contributed by atoms with Gasteiger partial charge in [-0.3, -0.25) is 14.9 Å². The zero-order valence-electron chi connectivity index (χ0n) is 21.9. The average Bonchev–Trinajstić information content (AvgIpc) is 3.29. The molecule has 3 saturated heterocycles. The fourth-order valence-corrected chi connectivity index (χ4v) is 6.38. The largest absolute Gasteiger partial charge is 0.368 e. The van der Waals surface area contributed by atoms with E-state index in [9.17, 15) is 9.65 Å². The van der Waals surface area contributed by atoms with Crippen LogP contribution in [0.1, 0.15) is 18.2 Å². The molecule has 2 aromatic heterocycles. The molecule has 0 radical (unpaired) electrons. The highest BCUT2D eigenvalue weighted by atomic mass is 19.1. The topological polar surface area (TPSA) is 88.5 Å². The van der Waals surface area contributed by atoms with E-state index in [4.69, 9.17) is 5.73 Å². The number of anilines is 2. The molecule has 3 aliphatic rings. The summed E-state index contributed by atoms with van der Waals surface area (Å²) in [4.78, 5) is 18.8. The monoisotopic (exact) mass is 514 g/mol. The van der Waals surface area contributed by atoms with E-state index in [1.165, 1.54) is 0 Å². The van der Waals surface area contributed by atoms with Gasteiger partial charge in [0.25, 0.3) is 0 Å². The van der Waals surface area contributed by atoms with Crippen molar-refractivity contribution >= 4 is 22.3 Å². The number of pyridine rings is 2. The van der Waals surface area contributed by atoms with E-state index in [1.54, 1.807) is 6.20 Å². The summed E-state index contributed by atoms with van der Waals surface area (Å²) in [6, 6.07) is 14.9. The van der Waals surface area contributed by atoms with Gasteiger partial charge in [-0.1, -0.05) is 0 Å². The first-order chi connectivity index (χ1) is 18.5. The molecule has 0 amide bonds. The summed E-state index contributed by atoms with van der Waals surface area (Å²) < 4.78 is 13.8. The highest BCUT2D eigenvalue weighted by molar-refractivity contribution is 5.95.